The molecule has 1 saturated heterocycles. The second-order valence-electron chi connectivity index (χ2n) is 5.27. The van der Waals surface area contributed by atoms with Gasteiger partial charge >= 0.3 is 0 Å². The summed E-state index contributed by atoms with van der Waals surface area (Å²) in [6, 6.07) is 5.82. The SMILES string of the molecule is CCCN(CC1CCCN1)c1ccc(C(N)=O)cc1Cl. The third-order valence-corrected chi connectivity index (χ3v) is 3.97. The van der Waals surface area contributed by atoms with Crippen LogP contribution >= 0.6 is 11.6 Å². The maximum Gasteiger partial charge on any atom is 0.248 e. The molecule has 4 nitrogen and oxygen atoms in total. The lowest BCUT2D eigenvalue weighted by atomic mass is 10.1. The number of rotatable bonds is 6. The van der Waals surface area contributed by atoms with E-state index < -0.39 is 5.91 Å². The average molecular weight is 296 g/mol. The summed E-state index contributed by atoms with van der Waals surface area (Å²) in [5, 5.41) is 4.10. The van der Waals surface area contributed by atoms with Gasteiger partial charge in [0, 0.05) is 24.7 Å². The Morgan fingerprint density at radius 2 is 2.35 bits per heavy atom. The number of nitrogens with one attached hydrogen (secondary N) is 1. The normalized spacial score (nSPS) is 18.2. The van der Waals surface area contributed by atoms with Crippen LogP contribution in [-0.4, -0.2) is 31.6 Å². The van der Waals surface area contributed by atoms with Gasteiger partial charge < -0.3 is 16.0 Å². The van der Waals surface area contributed by atoms with E-state index in [1.165, 1.54) is 12.8 Å². The second-order valence-corrected chi connectivity index (χ2v) is 5.68. The number of halogens is 1. The van der Waals surface area contributed by atoms with Crippen LogP contribution in [0, 0.1) is 0 Å². The van der Waals surface area contributed by atoms with Crippen LogP contribution in [-0.2, 0) is 0 Å². The van der Waals surface area contributed by atoms with Crippen molar-refractivity contribution in [3.8, 4) is 0 Å². The number of hydrogen-bond acceptors (Lipinski definition) is 3. The van der Waals surface area contributed by atoms with Gasteiger partial charge in [0.25, 0.3) is 0 Å². The highest BCUT2D eigenvalue weighted by atomic mass is 35.5. The molecule has 0 aromatic heterocycles. The monoisotopic (exact) mass is 295 g/mol. The minimum Gasteiger partial charge on any atom is -0.369 e. The molecule has 5 heteroatoms. The van der Waals surface area contributed by atoms with Gasteiger partial charge in [-0.05, 0) is 44.0 Å². The highest BCUT2D eigenvalue weighted by Gasteiger charge is 2.19. The predicted octanol–water partition coefficient (Wildman–Crippen LogP) is 2.41. The van der Waals surface area contributed by atoms with Crippen LogP contribution in [0.1, 0.15) is 36.5 Å². The molecule has 1 amide bonds. The van der Waals surface area contributed by atoms with Gasteiger partial charge in [-0.1, -0.05) is 18.5 Å². The summed E-state index contributed by atoms with van der Waals surface area (Å²) < 4.78 is 0. The highest BCUT2D eigenvalue weighted by Crippen LogP contribution is 2.28. The Bertz CT molecular complexity index is 472. The molecule has 1 fully saturated rings. The van der Waals surface area contributed by atoms with Crippen molar-refractivity contribution in [2.24, 2.45) is 5.73 Å². The van der Waals surface area contributed by atoms with Crippen LogP contribution in [0.2, 0.25) is 5.02 Å². The summed E-state index contributed by atoms with van der Waals surface area (Å²) in [5.41, 5.74) is 6.71. The number of carbonyl (C=O) groups excluding carboxylic acids is 1. The Kier molecular flexibility index (Phi) is 5.26. The van der Waals surface area contributed by atoms with E-state index in [4.69, 9.17) is 17.3 Å². The van der Waals surface area contributed by atoms with E-state index in [-0.39, 0.29) is 0 Å². The molecule has 0 radical (unpaired) electrons. The molecule has 2 rings (SSSR count). The van der Waals surface area contributed by atoms with Crippen molar-refractivity contribution in [1.29, 1.82) is 0 Å². The molecule has 20 heavy (non-hydrogen) atoms. The third-order valence-electron chi connectivity index (χ3n) is 3.67. The van der Waals surface area contributed by atoms with E-state index in [1.807, 2.05) is 6.07 Å². The largest absolute Gasteiger partial charge is 0.369 e. The Labute approximate surface area is 125 Å². The summed E-state index contributed by atoms with van der Waals surface area (Å²) >= 11 is 6.32. The summed E-state index contributed by atoms with van der Waals surface area (Å²) in [6.07, 6.45) is 3.50. The standard InChI is InChI=1S/C15H22ClN3O/c1-2-8-19(10-12-4-3-7-18-12)14-6-5-11(15(17)20)9-13(14)16/h5-6,9,12,18H,2-4,7-8,10H2,1H3,(H2,17,20). The summed E-state index contributed by atoms with van der Waals surface area (Å²) in [5.74, 6) is -0.446. The van der Waals surface area contributed by atoms with Gasteiger partial charge in [-0.15, -0.1) is 0 Å². The fourth-order valence-electron chi connectivity index (χ4n) is 2.68. The lowest BCUT2D eigenvalue weighted by Crippen LogP contribution is -2.38. The zero-order chi connectivity index (χ0) is 14.5. The summed E-state index contributed by atoms with van der Waals surface area (Å²) in [4.78, 5) is 13.5. The van der Waals surface area contributed by atoms with E-state index in [1.54, 1.807) is 12.1 Å². The fourth-order valence-corrected chi connectivity index (χ4v) is 2.98. The quantitative estimate of drug-likeness (QED) is 0.847. The van der Waals surface area contributed by atoms with Crippen molar-refractivity contribution in [2.75, 3.05) is 24.5 Å². The second kappa shape index (κ2) is 6.95. The van der Waals surface area contributed by atoms with Crippen molar-refractivity contribution in [3.63, 3.8) is 0 Å². The van der Waals surface area contributed by atoms with Crippen molar-refractivity contribution in [1.82, 2.24) is 5.32 Å². The van der Waals surface area contributed by atoms with Gasteiger partial charge in [0.2, 0.25) is 5.91 Å². The number of carbonyl (C=O) groups is 1. The molecular weight excluding hydrogens is 274 g/mol. The first-order chi connectivity index (χ1) is 9.61. The van der Waals surface area contributed by atoms with E-state index in [0.717, 1.165) is 31.7 Å². The highest BCUT2D eigenvalue weighted by molar-refractivity contribution is 6.33. The number of hydrogen-bond donors (Lipinski definition) is 2. The molecule has 1 heterocycles. The van der Waals surface area contributed by atoms with Gasteiger partial charge in [-0.3, -0.25) is 4.79 Å². The zero-order valence-electron chi connectivity index (χ0n) is 11.9. The van der Waals surface area contributed by atoms with Crippen LogP contribution in [0.4, 0.5) is 5.69 Å². The Balaban J connectivity index is 2.17. The minimum absolute atomic E-state index is 0.446. The van der Waals surface area contributed by atoms with Crippen LogP contribution < -0.4 is 16.0 Å². The summed E-state index contributed by atoms with van der Waals surface area (Å²) in [7, 11) is 0. The van der Waals surface area contributed by atoms with Gasteiger partial charge in [0.05, 0.1) is 10.7 Å². The molecular formula is C15H22ClN3O. The molecule has 0 bridgehead atoms. The van der Waals surface area contributed by atoms with E-state index in [2.05, 4.69) is 17.1 Å². The van der Waals surface area contributed by atoms with Crippen molar-refractivity contribution >= 4 is 23.2 Å². The van der Waals surface area contributed by atoms with E-state index >= 15 is 0 Å². The number of amides is 1. The zero-order valence-corrected chi connectivity index (χ0v) is 12.6. The lowest BCUT2D eigenvalue weighted by molar-refractivity contribution is 0.100. The maximum atomic E-state index is 11.2. The molecule has 1 aromatic carbocycles. The number of primary amides is 1. The molecule has 1 atom stereocenters. The molecule has 0 saturated carbocycles. The van der Waals surface area contributed by atoms with Gasteiger partial charge in [0.15, 0.2) is 0 Å². The van der Waals surface area contributed by atoms with Crippen molar-refractivity contribution in [2.45, 2.75) is 32.2 Å². The first-order valence-corrected chi connectivity index (χ1v) is 7.57. The smallest absolute Gasteiger partial charge is 0.248 e. The minimum atomic E-state index is -0.446. The van der Waals surface area contributed by atoms with Crippen LogP contribution in [0.15, 0.2) is 18.2 Å². The number of nitrogens with two attached hydrogens (primary N) is 1. The average Bonchev–Trinajstić information content (AvgIpc) is 2.91. The Hall–Kier alpha value is -1.26. The first kappa shape index (κ1) is 15.1. The fraction of sp³-hybridized carbons (Fsp3) is 0.533. The van der Waals surface area contributed by atoms with E-state index in [9.17, 15) is 4.79 Å². The van der Waals surface area contributed by atoms with Gasteiger partial charge in [-0.25, -0.2) is 0 Å². The summed E-state index contributed by atoms with van der Waals surface area (Å²) in [6.45, 7) is 5.15. The molecule has 110 valence electrons. The van der Waals surface area contributed by atoms with E-state index in [0.29, 0.717) is 16.6 Å². The number of nitrogens with zero attached hydrogens (tertiary/aromatic N) is 1. The van der Waals surface area contributed by atoms with Crippen LogP contribution in [0.25, 0.3) is 0 Å². The number of anilines is 1. The first-order valence-electron chi connectivity index (χ1n) is 7.19. The molecule has 1 aromatic rings. The predicted molar refractivity (Wildman–Crippen MR) is 83.5 cm³/mol. The molecule has 1 aliphatic rings. The van der Waals surface area contributed by atoms with Gasteiger partial charge in [0.1, 0.15) is 0 Å². The molecule has 1 unspecified atom stereocenters. The maximum absolute atomic E-state index is 11.2. The third kappa shape index (κ3) is 3.64. The van der Waals surface area contributed by atoms with Crippen molar-refractivity contribution in [3.05, 3.63) is 28.8 Å². The van der Waals surface area contributed by atoms with Gasteiger partial charge in [-0.2, -0.15) is 0 Å². The molecule has 0 spiro atoms. The van der Waals surface area contributed by atoms with Crippen molar-refractivity contribution < 1.29 is 4.79 Å². The number of benzene rings is 1. The Morgan fingerprint density at radius 1 is 1.55 bits per heavy atom. The Morgan fingerprint density at radius 3 is 2.90 bits per heavy atom. The lowest BCUT2D eigenvalue weighted by Gasteiger charge is -2.28. The molecule has 1 aliphatic heterocycles. The topological polar surface area (TPSA) is 58.4 Å². The molecule has 3 N–H and O–H groups in total. The van der Waals surface area contributed by atoms with Crippen LogP contribution in [0.5, 0.6) is 0 Å². The van der Waals surface area contributed by atoms with Crippen LogP contribution in [0.3, 0.4) is 0 Å². The molecule has 0 aliphatic carbocycles.